The van der Waals surface area contributed by atoms with Crippen LogP contribution in [-0.2, 0) is 46.4 Å². The van der Waals surface area contributed by atoms with Gasteiger partial charge in [0.1, 0.15) is 18.0 Å². The summed E-state index contributed by atoms with van der Waals surface area (Å²) in [5.41, 5.74) is 2.90. The highest BCUT2D eigenvalue weighted by molar-refractivity contribution is 8.02. The Balaban J connectivity index is 1.26. The first-order valence-electron chi connectivity index (χ1n) is 16.9. The minimum absolute atomic E-state index is 0.0322. The normalized spacial score (nSPS) is 20.2. The number of benzene rings is 5. The average Bonchev–Trinajstić information content (AvgIpc) is 3.53. The Bertz CT molecular complexity index is 2080. The van der Waals surface area contributed by atoms with Gasteiger partial charge in [0.2, 0.25) is 11.8 Å². The second-order valence-corrected chi connectivity index (χ2v) is 14.0. The first kappa shape index (κ1) is 35.1. The summed E-state index contributed by atoms with van der Waals surface area (Å²) in [7, 11) is 0. The summed E-state index contributed by atoms with van der Waals surface area (Å²) in [4.78, 5) is 68.6. The summed E-state index contributed by atoms with van der Waals surface area (Å²) in [6.45, 7) is -0.279. The first-order chi connectivity index (χ1) is 25.8. The molecule has 7 rings (SSSR count). The van der Waals surface area contributed by atoms with Crippen molar-refractivity contribution in [2.45, 2.75) is 41.3 Å². The number of nitro benzene ring substituents is 1. The van der Waals surface area contributed by atoms with Crippen molar-refractivity contribution in [3.05, 3.63) is 184 Å². The van der Waals surface area contributed by atoms with E-state index in [1.54, 1.807) is 30.3 Å². The Hall–Kier alpha value is -6.27. The lowest BCUT2D eigenvalue weighted by Crippen LogP contribution is -2.71. The molecule has 1 N–H and O–H groups in total. The minimum Gasteiger partial charge on any atom is -0.459 e. The van der Waals surface area contributed by atoms with E-state index in [1.165, 1.54) is 29.2 Å². The fourth-order valence-electron chi connectivity index (χ4n) is 6.67. The molecule has 5 aromatic carbocycles. The highest BCUT2D eigenvalue weighted by atomic mass is 32.2. The van der Waals surface area contributed by atoms with Crippen LogP contribution >= 0.6 is 11.8 Å². The van der Waals surface area contributed by atoms with Crippen molar-refractivity contribution in [3.63, 3.8) is 0 Å². The number of hydrogen-bond donors (Lipinski definition) is 1. The van der Waals surface area contributed by atoms with Crippen molar-refractivity contribution >= 4 is 41.2 Å². The number of esters is 2. The number of nitro groups is 1. The van der Waals surface area contributed by atoms with Gasteiger partial charge in [-0.3, -0.25) is 24.5 Å². The van der Waals surface area contributed by atoms with Crippen LogP contribution in [0.1, 0.15) is 33.9 Å². The molecule has 2 saturated heterocycles. The summed E-state index contributed by atoms with van der Waals surface area (Å²) in [6, 6.07) is 39.1. The maximum Gasteiger partial charge on any atom is 0.331 e. The highest BCUT2D eigenvalue weighted by Gasteiger charge is 2.71. The number of thioether (sulfide) groups is 1. The van der Waals surface area contributed by atoms with E-state index in [4.69, 9.17) is 9.47 Å². The molecule has 0 bridgehead atoms. The zero-order chi connectivity index (χ0) is 37.0. The molecular formula is C41H33N3O8S. The zero-order valence-electron chi connectivity index (χ0n) is 28.1. The Labute approximate surface area is 309 Å². The van der Waals surface area contributed by atoms with Gasteiger partial charge in [0.15, 0.2) is 16.9 Å². The topological polar surface area (TPSA) is 145 Å². The van der Waals surface area contributed by atoms with Gasteiger partial charge in [-0.2, -0.15) is 0 Å². The molecule has 2 aliphatic rings. The monoisotopic (exact) mass is 727 g/mol. The fraction of sp³-hybridized carbons (Fsp3) is 0.171. The van der Waals surface area contributed by atoms with E-state index in [0.717, 1.165) is 17.3 Å². The summed E-state index contributed by atoms with van der Waals surface area (Å²) in [5.74, 6) is -2.59. The number of amides is 2. The molecule has 0 saturated carbocycles. The van der Waals surface area contributed by atoms with Gasteiger partial charge in [-0.05, 0) is 39.9 Å². The van der Waals surface area contributed by atoms with Crippen LogP contribution in [0.5, 0.6) is 0 Å². The molecule has 1 unspecified atom stereocenters. The highest BCUT2D eigenvalue weighted by Crippen LogP contribution is 2.58. The molecule has 266 valence electrons. The average molecular weight is 728 g/mol. The Morgan fingerprint density at radius 3 is 1.89 bits per heavy atom. The van der Waals surface area contributed by atoms with Gasteiger partial charge in [0.25, 0.3) is 5.69 Å². The second kappa shape index (κ2) is 15.1. The molecule has 0 aliphatic carbocycles. The molecule has 0 aromatic heterocycles. The molecule has 11 nitrogen and oxygen atoms in total. The fourth-order valence-corrected chi connectivity index (χ4v) is 8.47. The quantitative estimate of drug-likeness (QED) is 0.0721. The number of ether oxygens (including phenoxy) is 2. The molecular weight excluding hydrogens is 695 g/mol. The van der Waals surface area contributed by atoms with Gasteiger partial charge < -0.3 is 19.7 Å². The van der Waals surface area contributed by atoms with Crippen LogP contribution in [0.3, 0.4) is 0 Å². The number of nitrogens with one attached hydrogen (secondary N) is 1. The molecule has 5 aromatic rings. The summed E-state index contributed by atoms with van der Waals surface area (Å²) >= 11 is 1.06. The third-order valence-corrected chi connectivity index (χ3v) is 11.0. The molecule has 4 atom stereocenters. The summed E-state index contributed by atoms with van der Waals surface area (Å²) < 4.78 is 10.4. The maximum atomic E-state index is 15.1. The number of rotatable bonds is 12. The molecule has 2 aliphatic heterocycles. The molecule has 0 radical (unpaired) electrons. The first-order valence-corrected chi connectivity index (χ1v) is 17.7. The lowest BCUT2D eigenvalue weighted by molar-refractivity contribution is -0.384. The van der Waals surface area contributed by atoms with Crippen LogP contribution in [0.15, 0.2) is 146 Å². The van der Waals surface area contributed by atoms with Gasteiger partial charge in [-0.1, -0.05) is 121 Å². The number of non-ortho nitro benzene ring substituents is 1. The van der Waals surface area contributed by atoms with Crippen molar-refractivity contribution < 1.29 is 33.6 Å². The largest absolute Gasteiger partial charge is 0.459 e. The van der Waals surface area contributed by atoms with Gasteiger partial charge >= 0.3 is 11.9 Å². The molecule has 2 amide bonds. The van der Waals surface area contributed by atoms with Crippen molar-refractivity contribution in [2.75, 3.05) is 0 Å². The van der Waals surface area contributed by atoms with E-state index in [-0.39, 0.29) is 24.6 Å². The lowest BCUT2D eigenvalue weighted by Gasteiger charge is -2.44. The van der Waals surface area contributed by atoms with Crippen molar-refractivity contribution in [2.24, 2.45) is 0 Å². The third kappa shape index (κ3) is 7.01. The minimum atomic E-state index is -1.82. The van der Waals surface area contributed by atoms with Crippen LogP contribution in [0, 0.1) is 10.1 Å². The summed E-state index contributed by atoms with van der Waals surface area (Å²) in [6.07, 6.45) is -0.835. The van der Waals surface area contributed by atoms with E-state index in [9.17, 15) is 24.5 Å². The van der Waals surface area contributed by atoms with E-state index in [2.05, 4.69) is 5.32 Å². The van der Waals surface area contributed by atoms with Crippen molar-refractivity contribution in [1.29, 1.82) is 0 Å². The standard InChI is InChI=1S/C41H33N3O8S/c45-33(25-27-13-5-1-6-14-27)42-34-37(46)43-36(39(47)51-26-28-21-23-32(24-22-28)44(49)50)41(53-38(34)43,31-19-11-4-12-20-31)40(48)52-35(29-15-7-2-8-16-29)30-17-9-3-10-18-30/h1-24,34-36,38H,25-26H2,(H,42,45)/t34-,36+,38-,41?/m1/s1. The number of β-lactam (4-membered cyclic amide) rings is 1. The van der Waals surface area contributed by atoms with Crippen LogP contribution in [0.2, 0.25) is 0 Å². The number of fused-ring (bicyclic) bond motifs is 1. The predicted octanol–water partition coefficient (Wildman–Crippen LogP) is 5.88. The van der Waals surface area contributed by atoms with E-state index < -0.39 is 51.1 Å². The van der Waals surface area contributed by atoms with Crippen LogP contribution in [0.4, 0.5) is 5.69 Å². The van der Waals surface area contributed by atoms with Crippen LogP contribution in [-0.4, -0.2) is 51.0 Å². The van der Waals surface area contributed by atoms with E-state index >= 15 is 4.79 Å². The molecule has 12 heteroatoms. The zero-order valence-corrected chi connectivity index (χ0v) is 29.0. The number of nitrogens with zero attached hydrogens (tertiary/aromatic N) is 2. The number of hydrogen-bond acceptors (Lipinski definition) is 9. The Kier molecular flexibility index (Phi) is 10.0. The van der Waals surface area contributed by atoms with Gasteiger partial charge in [0, 0.05) is 12.1 Å². The molecule has 0 spiro atoms. The van der Waals surface area contributed by atoms with Gasteiger partial charge in [0.05, 0.1) is 11.3 Å². The van der Waals surface area contributed by atoms with E-state index in [0.29, 0.717) is 22.3 Å². The van der Waals surface area contributed by atoms with Gasteiger partial charge in [-0.15, -0.1) is 11.8 Å². The van der Waals surface area contributed by atoms with Crippen molar-refractivity contribution in [3.8, 4) is 0 Å². The molecule has 53 heavy (non-hydrogen) atoms. The predicted molar refractivity (Wildman–Crippen MR) is 196 cm³/mol. The van der Waals surface area contributed by atoms with Gasteiger partial charge in [-0.25, -0.2) is 4.79 Å². The Morgan fingerprint density at radius 2 is 1.32 bits per heavy atom. The third-order valence-electron chi connectivity index (χ3n) is 9.26. The SMILES string of the molecule is O=C(Cc1ccccc1)N[C@@H]1C(=O)N2[C@@H]1SC(C(=O)OC(c1ccccc1)c1ccccc1)(c1ccccc1)[C@@H]2C(=O)OCc1ccc([N+](=O)[O-])cc1. The lowest BCUT2D eigenvalue weighted by atomic mass is 9.86. The molecule has 2 fully saturated rings. The number of carbonyl (C=O) groups is 4. The Morgan fingerprint density at radius 1 is 0.774 bits per heavy atom. The number of carbonyl (C=O) groups excluding carboxylic acids is 4. The van der Waals surface area contributed by atoms with Crippen LogP contribution in [0.25, 0.3) is 0 Å². The maximum absolute atomic E-state index is 15.1. The van der Waals surface area contributed by atoms with Crippen molar-refractivity contribution in [1.82, 2.24) is 10.2 Å². The summed E-state index contributed by atoms with van der Waals surface area (Å²) in [5, 5.41) is 13.2. The second-order valence-electron chi connectivity index (χ2n) is 12.6. The molecule has 2 heterocycles. The van der Waals surface area contributed by atoms with Crippen LogP contribution < -0.4 is 5.32 Å². The van der Waals surface area contributed by atoms with E-state index in [1.807, 2.05) is 91.0 Å². The smallest absolute Gasteiger partial charge is 0.331 e.